The lowest BCUT2D eigenvalue weighted by molar-refractivity contribution is 0.0950. The van der Waals surface area contributed by atoms with Crippen molar-refractivity contribution in [3.05, 3.63) is 60.1 Å². The van der Waals surface area contributed by atoms with Crippen LogP contribution in [-0.2, 0) is 13.6 Å². The van der Waals surface area contributed by atoms with Crippen LogP contribution < -0.4 is 10.1 Å². The first-order valence-electron chi connectivity index (χ1n) is 7.60. The Hall–Kier alpha value is -3.02. The molecule has 1 N–H and O–H groups in total. The number of benzene rings is 1. The van der Waals surface area contributed by atoms with E-state index in [1.54, 1.807) is 35.4 Å². The molecule has 0 unspecified atom stereocenters. The standard InChI is InChI=1S/C18H19N3O3/c1-4-6-23-16-8-13(9-17-15(16)5-7-24-17)18(22)19-10-14-11-20-21(3)12(14)2/h4-5,7-9,11H,1,6,10H2,2-3H3,(H,19,22). The third-order valence-electron chi connectivity index (χ3n) is 3.93. The third-order valence-corrected chi connectivity index (χ3v) is 3.93. The van der Waals surface area contributed by atoms with Gasteiger partial charge in [0.2, 0.25) is 0 Å². The second-order valence-electron chi connectivity index (χ2n) is 5.47. The molecule has 0 radical (unpaired) electrons. The van der Waals surface area contributed by atoms with Crippen molar-refractivity contribution in [2.75, 3.05) is 6.61 Å². The Morgan fingerprint density at radius 3 is 3.04 bits per heavy atom. The third kappa shape index (κ3) is 3.03. The van der Waals surface area contributed by atoms with Gasteiger partial charge in [0.1, 0.15) is 17.9 Å². The monoisotopic (exact) mass is 325 g/mol. The fourth-order valence-corrected chi connectivity index (χ4v) is 2.43. The van der Waals surface area contributed by atoms with Crippen LogP contribution >= 0.6 is 0 Å². The molecule has 3 rings (SSSR count). The molecule has 0 aliphatic rings. The number of carbonyl (C=O) groups excluding carboxylic acids is 1. The van der Waals surface area contributed by atoms with E-state index in [1.807, 2.05) is 20.0 Å². The molecule has 0 spiro atoms. The van der Waals surface area contributed by atoms with Gasteiger partial charge in [-0.15, -0.1) is 0 Å². The van der Waals surface area contributed by atoms with Crippen molar-refractivity contribution >= 4 is 16.9 Å². The number of fused-ring (bicyclic) bond motifs is 1. The zero-order chi connectivity index (χ0) is 17.1. The lowest BCUT2D eigenvalue weighted by atomic mass is 10.1. The number of nitrogens with zero attached hydrogens (tertiary/aromatic N) is 2. The first-order chi connectivity index (χ1) is 11.6. The molecule has 2 heterocycles. The van der Waals surface area contributed by atoms with Gasteiger partial charge in [0.25, 0.3) is 5.91 Å². The van der Waals surface area contributed by atoms with Crippen molar-refractivity contribution in [2.45, 2.75) is 13.5 Å². The van der Waals surface area contributed by atoms with Gasteiger partial charge in [-0.3, -0.25) is 9.48 Å². The number of hydrogen-bond acceptors (Lipinski definition) is 4. The molecule has 1 aromatic carbocycles. The molecule has 0 saturated carbocycles. The minimum atomic E-state index is -0.194. The van der Waals surface area contributed by atoms with Crippen LogP contribution in [0.5, 0.6) is 5.75 Å². The van der Waals surface area contributed by atoms with Crippen LogP contribution in [0, 0.1) is 6.92 Å². The van der Waals surface area contributed by atoms with Crippen molar-refractivity contribution in [1.82, 2.24) is 15.1 Å². The number of carbonyl (C=O) groups is 1. The fourth-order valence-electron chi connectivity index (χ4n) is 2.43. The quantitative estimate of drug-likeness (QED) is 0.707. The summed E-state index contributed by atoms with van der Waals surface area (Å²) < 4.78 is 12.8. The number of rotatable bonds is 6. The van der Waals surface area contributed by atoms with E-state index in [2.05, 4.69) is 17.0 Å². The predicted octanol–water partition coefficient (Wildman–Crippen LogP) is 2.97. The molecule has 0 bridgehead atoms. The highest BCUT2D eigenvalue weighted by molar-refractivity contribution is 5.99. The highest BCUT2D eigenvalue weighted by Crippen LogP contribution is 2.28. The second kappa shape index (κ2) is 6.62. The van der Waals surface area contributed by atoms with Gasteiger partial charge in [-0.25, -0.2) is 0 Å². The van der Waals surface area contributed by atoms with Crippen LogP contribution in [0.25, 0.3) is 11.0 Å². The van der Waals surface area contributed by atoms with Crippen LogP contribution in [0.3, 0.4) is 0 Å². The number of furan rings is 1. The lowest BCUT2D eigenvalue weighted by Crippen LogP contribution is -2.23. The molecule has 1 amide bonds. The van der Waals surface area contributed by atoms with E-state index in [0.717, 1.165) is 16.6 Å². The van der Waals surface area contributed by atoms with Crippen LogP contribution in [0.4, 0.5) is 0 Å². The number of hydrogen-bond donors (Lipinski definition) is 1. The van der Waals surface area contributed by atoms with Crippen molar-refractivity contribution in [3.63, 3.8) is 0 Å². The van der Waals surface area contributed by atoms with Crippen molar-refractivity contribution in [3.8, 4) is 5.75 Å². The molecule has 6 heteroatoms. The Balaban J connectivity index is 1.81. The molecular formula is C18H19N3O3. The Bertz CT molecular complexity index is 892. The van der Waals surface area contributed by atoms with E-state index >= 15 is 0 Å². The first-order valence-corrected chi connectivity index (χ1v) is 7.60. The minimum Gasteiger partial charge on any atom is -0.489 e. The van der Waals surface area contributed by atoms with Gasteiger partial charge >= 0.3 is 0 Å². The summed E-state index contributed by atoms with van der Waals surface area (Å²) in [6.45, 7) is 6.38. The fraction of sp³-hybridized carbons (Fsp3) is 0.222. The number of aryl methyl sites for hydroxylation is 1. The molecule has 6 nitrogen and oxygen atoms in total. The van der Waals surface area contributed by atoms with Gasteiger partial charge in [-0.2, -0.15) is 5.10 Å². The molecule has 0 atom stereocenters. The van der Waals surface area contributed by atoms with E-state index in [9.17, 15) is 4.79 Å². The average molecular weight is 325 g/mol. The number of nitrogens with one attached hydrogen (secondary N) is 1. The van der Waals surface area contributed by atoms with Crippen LogP contribution in [-0.4, -0.2) is 22.3 Å². The Kier molecular flexibility index (Phi) is 4.37. The zero-order valence-electron chi connectivity index (χ0n) is 13.7. The molecule has 0 saturated heterocycles. The summed E-state index contributed by atoms with van der Waals surface area (Å²) in [6, 6.07) is 5.24. The van der Waals surface area contributed by atoms with E-state index < -0.39 is 0 Å². The molecule has 0 aliphatic heterocycles. The van der Waals surface area contributed by atoms with E-state index in [-0.39, 0.29) is 5.91 Å². The maximum atomic E-state index is 12.5. The van der Waals surface area contributed by atoms with Crippen LogP contribution in [0.15, 0.2) is 47.7 Å². The molecule has 0 aliphatic carbocycles. The maximum Gasteiger partial charge on any atom is 0.251 e. The van der Waals surface area contributed by atoms with Gasteiger partial charge in [0.05, 0.1) is 17.8 Å². The Labute approximate surface area is 139 Å². The smallest absolute Gasteiger partial charge is 0.251 e. The van der Waals surface area contributed by atoms with Gasteiger partial charge in [-0.1, -0.05) is 12.7 Å². The molecule has 24 heavy (non-hydrogen) atoms. The summed E-state index contributed by atoms with van der Waals surface area (Å²) in [7, 11) is 1.87. The summed E-state index contributed by atoms with van der Waals surface area (Å²) in [5.74, 6) is 0.406. The topological polar surface area (TPSA) is 69.3 Å². The van der Waals surface area contributed by atoms with Gasteiger partial charge in [-0.05, 0) is 25.1 Å². The van der Waals surface area contributed by atoms with Gasteiger partial charge < -0.3 is 14.5 Å². The summed E-state index contributed by atoms with van der Waals surface area (Å²) >= 11 is 0. The SMILES string of the molecule is C=CCOc1cc(C(=O)NCc2cnn(C)c2C)cc2occc12. The predicted molar refractivity (Wildman–Crippen MR) is 91.0 cm³/mol. The molecular weight excluding hydrogens is 306 g/mol. The highest BCUT2D eigenvalue weighted by atomic mass is 16.5. The van der Waals surface area contributed by atoms with E-state index in [1.165, 1.54) is 0 Å². The lowest BCUT2D eigenvalue weighted by Gasteiger charge is -2.09. The maximum absolute atomic E-state index is 12.5. The Morgan fingerprint density at radius 2 is 2.33 bits per heavy atom. The van der Waals surface area contributed by atoms with E-state index in [4.69, 9.17) is 9.15 Å². The normalized spacial score (nSPS) is 10.8. The largest absolute Gasteiger partial charge is 0.489 e. The van der Waals surface area contributed by atoms with Crippen LogP contribution in [0.1, 0.15) is 21.6 Å². The van der Waals surface area contributed by atoms with Crippen LogP contribution in [0.2, 0.25) is 0 Å². The second-order valence-corrected chi connectivity index (χ2v) is 5.47. The average Bonchev–Trinajstić information content (AvgIpc) is 3.18. The summed E-state index contributed by atoms with van der Waals surface area (Å²) in [4.78, 5) is 12.5. The van der Waals surface area contributed by atoms with E-state index in [0.29, 0.717) is 30.0 Å². The first kappa shape index (κ1) is 15.9. The van der Waals surface area contributed by atoms with Gasteiger partial charge in [0.15, 0.2) is 0 Å². The number of amides is 1. The molecule has 2 aromatic heterocycles. The number of ether oxygens (including phenoxy) is 1. The zero-order valence-corrected chi connectivity index (χ0v) is 13.7. The summed E-state index contributed by atoms with van der Waals surface area (Å²) in [5, 5.41) is 7.90. The Morgan fingerprint density at radius 1 is 1.50 bits per heavy atom. The summed E-state index contributed by atoms with van der Waals surface area (Å²) in [6.07, 6.45) is 4.99. The summed E-state index contributed by atoms with van der Waals surface area (Å²) in [5.41, 5.74) is 3.09. The molecule has 124 valence electrons. The molecule has 3 aromatic rings. The minimum absolute atomic E-state index is 0.194. The highest BCUT2D eigenvalue weighted by Gasteiger charge is 2.14. The molecule has 0 fully saturated rings. The van der Waals surface area contributed by atoms with Crippen molar-refractivity contribution in [1.29, 1.82) is 0 Å². The number of aromatic nitrogens is 2. The van der Waals surface area contributed by atoms with Crippen molar-refractivity contribution < 1.29 is 13.9 Å². The van der Waals surface area contributed by atoms with Gasteiger partial charge in [0, 0.05) is 30.4 Å². The van der Waals surface area contributed by atoms with Crippen molar-refractivity contribution in [2.24, 2.45) is 7.05 Å².